The third-order valence-corrected chi connectivity index (χ3v) is 5.02. The molecular weight excluding hydrogens is 294 g/mol. The molecule has 1 aliphatic rings. The Labute approximate surface area is 134 Å². The molecule has 0 radical (unpaired) electrons. The summed E-state index contributed by atoms with van der Waals surface area (Å²) in [4.78, 5) is 25.9. The van der Waals surface area contributed by atoms with Gasteiger partial charge in [0.2, 0.25) is 5.91 Å². The number of amides is 1. The van der Waals surface area contributed by atoms with Crippen LogP contribution < -0.4 is 0 Å². The van der Waals surface area contributed by atoms with Gasteiger partial charge in [-0.2, -0.15) is 5.10 Å². The SMILES string of the molecule is CC(C)C1(C(=O)O)CCN(C(=O)Cn2ncc3ccccc32)C1. The van der Waals surface area contributed by atoms with Crippen molar-refractivity contribution in [3.8, 4) is 0 Å². The van der Waals surface area contributed by atoms with Gasteiger partial charge in [-0.1, -0.05) is 32.0 Å². The number of carboxylic acid groups (broad SMARTS) is 1. The summed E-state index contributed by atoms with van der Waals surface area (Å²) in [7, 11) is 0. The molecule has 1 amide bonds. The van der Waals surface area contributed by atoms with Gasteiger partial charge < -0.3 is 10.0 Å². The van der Waals surface area contributed by atoms with E-state index in [1.165, 1.54) is 0 Å². The Kier molecular flexibility index (Phi) is 3.83. The Morgan fingerprint density at radius 1 is 1.35 bits per heavy atom. The van der Waals surface area contributed by atoms with Gasteiger partial charge in [-0.25, -0.2) is 0 Å². The molecule has 0 saturated carbocycles. The largest absolute Gasteiger partial charge is 0.481 e. The Hall–Kier alpha value is -2.37. The summed E-state index contributed by atoms with van der Waals surface area (Å²) in [5, 5.41) is 14.8. The smallest absolute Gasteiger partial charge is 0.311 e. The fourth-order valence-electron chi connectivity index (χ4n) is 3.32. The van der Waals surface area contributed by atoms with Gasteiger partial charge in [0.1, 0.15) is 6.54 Å². The molecule has 122 valence electrons. The van der Waals surface area contributed by atoms with Crippen molar-refractivity contribution in [2.24, 2.45) is 11.3 Å². The molecular formula is C17H21N3O3. The molecule has 1 fully saturated rings. The zero-order valence-electron chi connectivity index (χ0n) is 13.4. The van der Waals surface area contributed by atoms with Crippen molar-refractivity contribution in [3.05, 3.63) is 30.5 Å². The van der Waals surface area contributed by atoms with Crippen molar-refractivity contribution in [1.29, 1.82) is 0 Å². The van der Waals surface area contributed by atoms with Crippen molar-refractivity contribution in [2.75, 3.05) is 13.1 Å². The highest BCUT2D eigenvalue weighted by atomic mass is 16.4. The van der Waals surface area contributed by atoms with Crippen molar-refractivity contribution in [1.82, 2.24) is 14.7 Å². The van der Waals surface area contributed by atoms with E-state index in [4.69, 9.17) is 0 Å². The number of carbonyl (C=O) groups is 2. The average Bonchev–Trinajstić information content (AvgIpc) is 3.13. The molecule has 2 heterocycles. The summed E-state index contributed by atoms with van der Waals surface area (Å²) in [5.41, 5.74) is 0.0791. The van der Waals surface area contributed by atoms with Crippen molar-refractivity contribution < 1.29 is 14.7 Å². The van der Waals surface area contributed by atoms with Crippen LogP contribution in [-0.2, 0) is 16.1 Å². The van der Waals surface area contributed by atoms with E-state index in [9.17, 15) is 14.7 Å². The zero-order chi connectivity index (χ0) is 16.6. The topological polar surface area (TPSA) is 75.4 Å². The van der Waals surface area contributed by atoms with Crippen LogP contribution in [-0.4, -0.2) is 44.8 Å². The standard InChI is InChI=1S/C17H21N3O3/c1-12(2)17(16(22)23)7-8-19(11-17)15(21)10-20-14-6-4-3-5-13(14)9-18-20/h3-6,9,12H,7-8,10-11H2,1-2H3,(H,22,23). The molecule has 1 atom stereocenters. The zero-order valence-corrected chi connectivity index (χ0v) is 13.4. The van der Waals surface area contributed by atoms with E-state index in [1.54, 1.807) is 15.8 Å². The second-order valence-corrected chi connectivity index (χ2v) is 6.54. The number of likely N-dealkylation sites (tertiary alicyclic amines) is 1. The first-order valence-electron chi connectivity index (χ1n) is 7.86. The Morgan fingerprint density at radius 2 is 2.09 bits per heavy atom. The lowest BCUT2D eigenvalue weighted by molar-refractivity contribution is -0.151. The van der Waals surface area contributed by atoms with Crippen LogP contribution >= 0.6 is 0 Å². The van der Waals surface area contributed by atoms with E-state index in [2.05, 4.69) is 5.10 Å². The second-order valence-electron chi connectivity index (χ2n) is 6.54. The highest BCUT2D eigenvalue weighted by Crippen LogP contribution is 2.38. The number of carbonyl (C=O) groups excluding carboxylic acids is 1. The number of para-hydroxylation sites is 1. The highest BCUT2D eigenvalue weighted by molar-refractivity contribution is 5.83. The van der Waals surface area contributed by atoms with Crippen molar-refractivity contribution in [2.45, 2.75) is 26.8 Å². The average molecular weight is 315 g/mol. The minimum absolute atomic E-state index is 0.0108. The lowest BCUT2D eigenvalue weighted by Crippen LogP contribution is -2.41. The fraction of sp³-hybridized carbons (Fsp3) is 0.471. The fourth-order valence-corrected chi connectivity index (χ4v) is 3.32. The van der Waals surface area contributed by atoms with Crippen LogP contribution in [0.4, 0.5) is 0 Å². The van der Waals surface area contributed by atoms with Gasteiger partial charge in [0.25, 0.3) is 0 Å². The molecule has 1 aliphatic heterocycles. The summed E-state index contributed by atoms with van der Waals surface area (Å²) in [6.07, 6.45) is 2.24. The Morgan fingerprint density at radius 3 is 2.74 bits per heavy atom. The van der Waals surface area contributed by atoms with Crippen LogP contribution in [0, 0.1) is 11.3 Å². The molecule has 1 aromatic carbocycles. The van der Waals surface area contributed by atoms with Gasteiger partial charge in [-0.3, -0.25) is 14.3 Å². The van der Waals surface area contributed by atoms with Crippen LogP contribution in [0.15, 0.2) is 30.5 Å². The summed E-state index contributed by atoms with van der Waals surface area (Å²) in [5.74, 6) is -0.904. The molecule has 0 spiro atoms. The highest BCUT2D eigenvalue weighted by Gasteiger charge is 2.48. The minimum atomic E-state index is -0.832. The number of benzene rings is 1. The Balaban J connectivity index is 1.76. The number of fused-ring (bicyclic) bond motifs is 1. The lowest BCUT2D eigenvalue weighted by atomic mass is 9.76. The Bertz CT molecular complexity index is 752. The van der Waals surface area contributed by atoms with E-state index in [1.807, 2.05) is 38.1 Å². The third-order valence-electron chi connectivity index (χ3n) is 5.02. The monoisotopic (exact) mass is 315 g/mol. The maximum Gasteiger partial charge on any atom is 0.311 e. The van der Waals surface area contributed by atoms with Gasteiger partial charge in [0.15, 0.2) is 0 Å². The van der Waals surface area contributed by atoms with Crippen molar-refractivity contribution >= 4 is 22.8 Å². The predicted octanol–water partition coefficient (Wildman–Crippen LogP) is 2.00. The van der Waals surface area contributed by atoms with Gasteiger partial charge in [0.05, 0.1) is 17.1 Å². The normalized spacial score (nSPS) is 21.3. The minimum Gasteiger partial charge on any atom is -0.481 e. The maximum absolute atomic E-state index is 12.6. The molecule has 1 aromatic heterocycles. The van der Waals surface area contributed by atoms with Gasteiger partial charge in [-0.15, -0.1) is 0 Å². The molecule has 0 aliphatic carbocycles. The molecule has 1 unspecified atom stereocenters. The van der Waals surface area contributed by atoms with Crippen molar-refractivity contribution in [3.63, 3.8) is 0 Å². The summed E-state index contributed by atoms with van der Waals surface area (Å²) in [6.45, 7) is 4.72. The number of hydrogen-bond acceptors (Lipinski definition) is 3. The summed E-state index contributed by atoms with van der Waals surface area (Å²) >= 11 is 0. The van der Waals surface area contributed by atoms with Gasteiger partial charge in [0, 0.05) is 18.5 Å². The van der Waals surface area contributed by atoms with Crippen LogP contribution in [0.1, 0.15) is 20.3 Å². The molecule has 2 aromatic rings. The molecule has 3 rings (SSSR count). The van der Waals surface area contributed by atoms with Crippen LogP contribution in [0.25, 0.3) is 10.9 Å². The molecule has 23 heavy (non-hydrogen) atoms. The quantitative estimate of drug-likeness (QED) is 0.936. The maximum atomic E-state index is 12.6. The number of carboxylic acids is 1. The summed E-state index contributed by atoms with van der Waals surface area (Å²) < 4.78 is 1.67. The van der Waals surface area contributed by atoms with E-state index in [-0.39, 0.29) is 24.9 Å². The number of nitrogens with zero attached hydrogens (tertiary/aromatic N) is 3. The molecule has 6 nitrogen and oxygen atoms in total. The molecule has 1 N–H and O–H groups in total. The van der Waals surface area contributed by atoms with Crippen LogP contribution in [0.5, 0.6) is 0 Å². The molecule has 0 bridgehead atoms. The second kappa shape index (κ2) is 5.68. The number of aromatic nitrogens is 2. The van der Waals surface area contributed by atoms with E-state index in [0.717, 1.165) is 10.9 Å². The first-order valence-corrected chi connectivity index (χ1v) is 7.86. The van der Waals surface area contributed by atoms with Gasteiger partial charge in [-0.05, 0) is 18.4 Å². The predicted molar refractivity (Wildman–Crippen MR) is 85.8 cm³/mol. The molecule has 6 heteroatoms. The van der Waals surface area contributed by atoms with Gasteiger partial charge >= 0.3 is 5.97 Å². The number of rotatable bonds is 4. The first kappa shape index (κ1) is 15.5. The molecule has 1 saturated heterocycles. The van der Waals surface area contributed by atoms with E-state index in [0.29, 0.717) is 13.0 Å². The van der Waals surface area contributed by atoms with E-state index < -0.39 is 11.4 Å². The number of hydrogen-bond donors (Lipinski definition) is 1. The third kappa shape index (κ3) is 2.58. The number of aliphatic carboxylic acids is 1. The van der Waals surface area contributed by atoms with Crippen LogP contribution in [0.2, 0.25) is 0 Å². The van der Waals surface area contributed by atoms with E-state index >= 15 is 0 Å². The first-order chi connectivity index (χ1) is 10.9. The van der Waals surface area contributed by atoms with Crippen LogP contribution in [0.3, 0.4) is 0 Å². The summed E-state index contributed by atoms with van der Waals surface area (Å²) in [6, 6.07) is 7.72. The lowest BCUT2D eigenvalue weighted by Gasteiger charge is -2.28.